The predicted molar refractivity (Wildman–Crippen MR) is 29.7 cm³/mol. The average Bonchev–Trinajstić information content (AvgIpc) is 2.59. The molecule has 0 aliphatic heterocycles. The van der Waals surface area contributed by atoms with Crippen LogP contribution in [0.5, 0.6) is 0 Å². The van der Waals surface area contributed by atoms with Crippen molar-refractivity contribution in [2.45, 2.75) is 0 Å². The summed E-state index contributed by atoms with van der Waals surface area (Å²) in [5, 5.41) is 12.8. The second kappa shape index (κ2) is 1.90. The van der Waals surface area contributed by atoms with E-state index in [4.69, 9.17) is 4.42 Å². The molecule has 1 N–H and O–H groups in total. The Bertz CT molecular complexity index is 253. The van der Waals surface area contributed by atoms with Crippen molar-refractivity contribution in [3.63, 3.8) is 0 Å². The molecule has 2 rings (SSSR count). The molecule has 0 atom stereocenters. The molecule has 6 nitrogen and oxygen atoms in total. The lowest BCUT2D eigenvalue weighted by atomic mass is 10.6. The van der Waals surface area contributed by atoms with Gasteiger partial charge in [-0.1, -0.05) is 0 Å². The number of H-pyrrole nitrogens is 1. The van der Waals surface area contributed by atoms with Crippen molar-refractivity contribution >= 4 is 0 Å². The zero-order valence-electron chi connectivity index (χ0n) is 4.85. The van der Waals surface area contributed by atoms with E-state index in [2.05, 4.69) is 25.6 Å². The Morgan fingerprint density at radius 1 is 1.50 bits per heavy atom. The predicted octanol–water partition coefficient (Wildman–Crippen LogP) is -0.145. The molecule has 0 radical (unpaired) electrons. The Labute approximate surface area is 55.3 Å². The second-order valence-corrected chi connectivity index (χ2v) is 1.59. The minimum atomic E-state index is 0.394. The lowest BCUT2D eigenvalue weighted by molar-refractivity contribution is 0.569. The summed E-state index contributed by atoms with van der Waals surface area (Å²) in [6.07, 6.45) is 2.98. The summed E-state index contributed by atoms with van der Waals surface area (Å²) in [7, 11) is 0. The van der Waals surface area contributed by atoms with Crippen LogP contribution < -0.4 is 0 Å². The number of hydrogen-bond donors (Lipinski definition) is 1. The van der Waals surface area contributed by atoms with Crippen LogP contribution in [0, 0.1) is 0 Å². The number of oxazole rings is 1. The van der Waals surface area contributed by atoms with Gasteiger partial charge in [0.25, 0.3) is 5.89 Å². The Morgan fingerprint density at radius 3 is 3.10 bits per heavy atom. The van der Waals surface area contributed by atoms with Gasteiger partial charge in [-0.25, -0.2) is 10.1 Å². The molecule has 0 saturated carbocycles. The van der Waals surface area contributed by atoms with Crippen molar-refractivity contribution in [2.75, 3.05) is 0 Å². The minimum Gasteiger partial charge on any atom is -0.442 e. The number of hydrogen-bond acceptors (Lipinski definition) is 5. The number of nitrogens with zero attached hydrogens (tertiary/aromatic N) is 4. The van der Waals surface area contributed by atoms with Crippen molar-refractivity contribution in [2.24, 2.45) is 0 Å². The Balaban J connectivity index is 2.48. The summed E-state index contributed by atoms with van der Waals surface area (Å²) in [4.78, 5) is 3.82. The second-order valence-electron chi connectivity index (χ2n) is 1.59. The van der Waals surface area contributed by atoms with Gasteiger partial charge < -0.3 is 4.42 Å². The summed E-state index contributed by atoms with van der Waals surface area (Å²) >= 11 is 0. The Hall–Kier alpha value is -1.72. The fourth-order valence-corrected chi connectivity index (χ4v) is 0.590. The van der Waals surface area contributed by atoms with Crippen LogP contribution in [-0.4, -0.2) is 25.6 Å². The summed E-state index contributed by atoms with van der Waals surface area (Å²) in [5.74, 6) is 0.829. The zero-order chi connectivity index (χ0) is 6.81. The van der Waals surface area contributed by atoms with Gasteiger partial charge in [0.1, 0.15) is 6.26 Å². The first kappa shape index (κ1) is 5.10. The molecule has 2 aromatic heterocycles. The molecule has 0 aliphatic rings. The Morgan fingerprint density at radius 2 is 2.50 bits per heavy atom. The van der Waals surface area contributed by atoms with Crippen LogP contribution in [0.3, 0.4) is 0 Å². The molecule has 0 aliphatic carbocycles. The van der Waals surface area contributed by atoms with E-state index in [9.17, 15) is 0 Å². The summed E-state index contributed by atoms with van der Waals surface area (Å²) < 4.78 is 4.89. The molecule has 0 bridgehead atoms. The summed E-state index contributed by atoms with van der Waals surface area (Å²) in [5.41, 5.74) is 0. The van der Waals surface area contributed by atoms with Crippen LogP contribution in [0.2, 0.25) is 0 Å². The van der Waals surface area contributed by atoms with Crippen LogP contribution in [0.4, 0.5) is 0 Å². The van der Waals surface area contributed by atoms with Gasteiger partial charge >= 0.3 is 0 Å². The van der Waals surface area contributed by atoms with Crippen molar-refractivity contribution < 1.29 is 4.42 Å². The van der Waals surface area contributed by atoms with E-state index in [1.165, 1.54) is 12.5 Å². The van der Waals surface area contributed by atoms with E-state index in [0.717, 1.165) is 0 Å². The molecule has 0 fully saturated rings. The highest BCUT2D eigenvalue weighted by Crippen LogP contribution is 2.07. The quantitative estimate of drug-likeness (QED) is 0.591. The molecule has 2 aromatic rings. The van der Waals surface area contributed by atoms with E-state index >= 15 is 0 Å². The van der Waals surface area contributed by atoms with Gasteiger partial charge in [-0.05, 0) is 10.4 Å². The molecule has 50 valence electrons. The van der Waals surface area contributed by atoms with Gasteiger partial charge in [-0.15, -0.1) is 5.10 Å². The highest BCUT2D eigenvalue weighted by Gasteiger charge is 2.03. The third-order valence-corrected chi connectivity index (χ3v) is 0.980. The van der Waals surface area contributed by atoms with E-state index in [1.807, 2.05) is 0 Å². The molecular formula is C4H3N5O. The fraction of sp³-hybridized carbons (Fsp3) is 0. The van der Waals surface area contributed by atoms with Crippen molar-refractivity contribution in [1.82, 2.24) is 25.6 Å². The monoisotopic (exact) mass is 137 g/mol. The molecule has 0 aromatic carbocycles. The number of aromatic amines is 1. The fourth-order valence-electron chi connectivity index (χ4n) is 0.590. The van der Waals surface area contributed by atoms with Crippen molar-refractivity contribution in [3.8, 4) is 11.7 Å². The van der Waals surface area contributed by atoms with Crippen LogP contribution >= 0.6 is 0 Å². The molecule has 10 heavy (non-hydrogen) atoms. The number of rotatable bonds is 1. The molecule has 2 heterocycles. The van der Waals surface area contributed by atoms with E-state index in [0.29, 0.717) is 11.7 Å². The molecule has 0 amide bonds. The van der Waals surface area contributed by atoms with E-state index in [1.54, 1.807) is 0 Å². The maximum absolute atomic E-state index is 4.89. The largest absolute Gasteiger partial charge is 0.442 e. The molecule has 0 spiro atoms. The van der Waals surface area contributed by atoms with Gasteiger partial charge in [0.05, 0.1) is 6.20 Å². The van der Waals surface area contributed by atoms with Gasteiger partial charge in [0.15, 0.2) is 0 Å². The average molecular weight is 137 g/mol. The SMILES string of the molecule is c1coc(-c2nnn[nH]2)n1. The first-order valence-corrected chi connectivity index (χ1v) is 2.60. The number of aromatic nitrogens is 5. The minimum absolute atomic E-state index is 0.394. The molecular weight excluding hydrogens is 134 g/mol. The lowest BCUT2D eigenvalue weighted by Crippen LogP contribution is -1.78. The highest BCUT2D eigenvalue weighted by atomic mass is 16.3. The standard InChI is InChI=1S/C4H3N5O/c1-2-10-4(5-1)3-6-8-9-7-3/h1-2H,(H,6,7,8,9). The van der Waals surface area contributed by atoms with Crippen LogP contribution in [-0.2, 0) is 0 Å². The Kier molecular flexibility index (Phi) is 0.970. The topological polar surface area (TPSA) is 80.5 Å². The maximum Gasteiger partial charge on any atom is 0.266 e. The van der Waals surface area contributed by atoms with Gasteiger partial charge in [-0.2, -0.15) is 0 Å². The highest BCUT2D eigenvalue weighted by molar-refractivity contribution is 5.36. The van der Waals surface area contributed by atoms with Gasteiger partial charge in [0, 0.05) is 0 Å². The first-order valence-electron chi connectivity index (χ1n) is 2.60. The molecule has 6 heteroatoms. The van der Waals surface area contributed by atoms with Gasteiger partial charge in [-0.3, -0.25) is 0 Å². The van der Waals surface area contributed by atoms with Crippen molar-refractivity contribution in [3.05, 3.63) is 12.5 Å². The number of tetrazole rings is 1. The third kappa shape index (κ3) is 0.661. The maximum atomic E-state index is 4.89. The van der Waals surface area contributed by atoms with E-state index < -0.39 is 0 Å². The number of nitrogens with one attached hydrogen (secondary N) is 1. The first-order chi connectivity index (χ1) is 4.97. The van der Waals surface area contributed by atoms with E-state index in [-0.39, 0.29) is 0 Å². The third-order valence-electron chi connectivity index (χ3n) is 0.980. The van der Waals surface area contributed by atoms with Crippen LogP contribution in [0.1, 0.15) is 0 Å². The molecule has 0 unspecified atom stereocenters. The normalized spacial score (nSPS) is 10.0. The molecule has 0 saturated heterocycles. The summed E-state index contributed by atoms with van der Waals surface area (Å²) in [6, 6.07) is 0. The lowest BCUT2D eigenvalue weighted by Gasteiger charge is -1.79. The smallest absolute Gasteiger partial charge is 0.266 e. The van der Waals surface area contributed by atoms with Crippen molar-refractivity contribution in [1.29, 1.82) is 0 Å². The van der Waals surface area contributed by atoms with Gasteiger partial charge in [0.2, 0.25) is 5.82 Å². The summed E-state index contributed by atoms with van der Waals surface area (Å²) in [6.45, 7) is 0. The zero-order valence-corrected chi connectivity index (χ0v) is 4.85. The van der Waals surface area contributed by atoms with Crippen LogP contribution in [0.25, 0.3) is 11.7 Å². The van der Waals surface area contributed by atoms with Crippen LogP contribution in [0.15, 0.2) is 16.9 Å².